The van der Waals surface area contributed by atoms with E-state index in [0.29, 0.717) is 5.06 Å². The molecule has 0 aliphatic carbocycles. The molecule has 8 nitrogen and oxygen atoms in total. The SMILES string of the molecule is CCCCOC(=O)NCC(=O)ON1C(=O)CCC1=O. The lowest BCUT2D eigenvalue weighted by Crippen LogP contribution is -2.37. The lowest BCUT2D eigenvalue weighted by Gasteiger charge is -2.12. The molecule has 1 aliphatic heterocycles. The number of ether oxygens (including phenoxy) is 1. The fourth-order valence-corrected chi connectivity index (χ4v) is 1.30. The highest BCUT2D eigenvalue weighted by atomic mass is 16.7. The summed E-state index contributed by atoms with van der Waals surface area (Å²) in [6, 6.07) is 0. The van der Waals surface area contributed by atoms with Gasteiger partial charge in [-0.15, -0.1) is 5.06 Å². The third kappa shape index (κ3) is 4.94. The summed E-state index contributed by atoms with van der Waals surface area (Å²) in [5, 5.41) is 2.58. The zero-order valence-corrected chi connectivity index (χ0v) is 10.6. The molecule has 0 aromatic rings. The number of carbonyl (C=O) groups excluding carboxylic acids is 4. The molecule has 0 aromatic heterocycles. The van der Waals surface area contributed by atoms with Gasteiger partial charge >= 0.3 is 12.1 Å². The Balaban J connectivity index is 2.22. The lowest BCUT2D eigenvalue weighted by atomic mass is 10.4. The molecule has 0 unspecified atom stereocenters. The summed E-state index contributed by atoms with van der Waals surface area (Å²) < 4.78 is 4.74. The summed E-state index contributed by atoms with van der Waals surface area (Å²) in [5.74, 6) is -2.04. The molecule has 1 heterocycles. The predicted octanol–water partition coefficient (Wildman–Crippen LogP) is 0.120. The van der Waals surface area contributed by atoms with Crippen LogP contribution >= 0.6 is 0 Å². The smallest absolute Gasteiger partial charge is 0.407 e. The van der Waals surface area contributed by atoms with Crippen molar-refractivity contribution in [1.29, 1.82) is 0 Å². The third-order valence-electron chi connectivity index (χ3n) is 2.31. The first-order valence-corrected chi connectivity index (χ1v) is 6.01. The number of imide groups is 1. The van der Waals surface area contributed by atoms with Gasteiger partial charge < -0.3 is 14.9 Å². The minimum atomic E-state index is -0.906. The van der Waals surface area contributed by atoms with Crippen LogP contribution in [0.1, 0.15) is 32.6 Å². The molecular formula is C11H16N2O6. The van der Waals surface area contributed by atoms with E-state index in [9.17, 15) is 19.2 Å². The number of hydroxylamine groups is 2. The van der Waals surface area contributed by atoms with Crippen molar-refractivity contribution < 1.29 is 28.8 Å². The van der Waals surface area contributed by atoms with Gasteiger partial charge in [0, 0.05) is 12.8 Å². The minimum Gasteiger partial charge on any atom is -0.450 e. The monoisotopic (exact) mass is 272 g/mol. The van der Waals surface area contributed by atoms with Crippen molar-refractivity contribution in [2.24, 2.45) is 0 Å². The largest absolute Gasteiger partial charge is 0.450 e. The van der Waals surface area contributed by atoms with E-state index in [1.807, 2.05) is 6.92 Å². The molecule has 0 aromatic carbocycles. The van der Waals surface area contributed by atoms with Crippen LogP contribution in [0.4, 0.5) is 4.79 Å². The Hall–Kier alpha value is -2.12. The van der Waals surface area contributed by atoms with Crippen LogP contribution in [-0.2, 0) is 24.0 Å². The molecule has 1 rings (SSSR count). The molecule has 1 N–H and O–H groups in total. The molecule has 1 aliphatic rings. The maximum Gasteiger partial charge on any atom is 0.407 e. The van der Waals surface area contributed by atoms with E-state index in [0.717, 1.165) is 12.8 Å². The van der Waals surface area contributed by atoms with Crippen molar-refractivity contribution in [3.8, 4) is 0 Å². The zero-order chi connectivity index (χ0) is 14.3. The number of alkyl carbamates (subject to hydrolysis) is 1. The topological polar surface area (TPSA) is 102 Å². The summed E-state index contributed by atoms with van der Waals surface area (Å²) >= 11 is 0. The average molecular weight is 272 g/mol. The van der Waals surface area contributed by atoms with Crippen LogP contribution in [0.15, 0.2) is 0 Å². The molecule has 3 amide bonds. The van der Waals surface area contributed by atoms with E-state index in [1.54, 1.807) is 0 Å². The van der Waals surface area contributed by atoms with Gasteiger partial charge in [0.1, 0.15) is 6.54 Å². The lowest BCUT2D eigenvalue weighted by molar-refractivity contribution is -0.196. The number of carbonyl (C=O) groups is 4. The first kappa shape index (κ1) is 14.9. The van der Waals surface area contributed by atoms with E-state index in [4.69, 9.17) is 4.74 Å². The zero-order valence-electron chi connectivity index (χ0n) is 10.6. The van der Waals surface area contributed by atoms with Gasteiger partial charge in [0.25, 0.3) is 11.8 Å². The van der Waals surface area contributed by atoms with E-state index in [2.05, 4.69) is 10.2 Å². The van der Waals surface area contributed by atoms with Crippen LogP contribution in [-0.4, -0.2) is 42.1 Å². The number of unbranched alkanes of at least 4 members (excludes halogenated alkanes) is 1. The Bertz CT molecular complexity index is 365. The van der Waals surface area contributed by atoms with E-state index in [-0.39, 0.29) is 19.4 Å². The predicted molar refractivity (Wildman–Crippen MR) is 61.4 cm³/mol. The van der Waals surface area contributed by atoms with Gasteiger partial charge in [-0.05, 0) is 6.42 Å². The summed E-state index contributed by atoms with van der Waals surface area (Å²) in [7, 11) is 0. The molecule has 0 atom stereocenters. The maximum atomic E-state index is 11.3. The molecule has 106 valence electrons. The number of nitrogens with zero attached hydrogens (tertiary/aromatic N) is 1. The second-order valence-corrected chi connectivity index (χ2v) is 3.89. The van der Waals surface area contributed by atoms with Gasteiger partial charge in [0.2, 0.25) is 0 Å². The number of hydrogen-bond donors (Lipinski definition) is 1. The van der Waals surface area contributed by atoms with E-state index >= 15 is 0 Å². The summed E-state index contributed by atoms with van der Waals surface area (Å²) in [6.07, 6.45) is 0.921. The van der Waals surface area contributed by atoms with Gasteiger partial charge in [-0.3, -0.25) is 9.59 Å². The Labute approximate surface area is 110 Å². The van der Waals surface area contributed by atoms with Crippen LogP contribution in [0.5, 0.6) is 0 Å². The fraction of sp³-hybridized carbons (Fsp3) is 0.636. The van der Waals surface area contributed by atoms with Gasteiger partial charge in [-0.25, -0.2) is 9.59 Å². The molecule has 0 saturated carbocycles. The standard InChI is InChI=1S/C11H16N2O6/c1-2-3-6-18-11(17)12-7-10(16)19-13-8(14)4-5-9(13)15/h2-7H2,1H3,(H,12,17). The highest BCUT2D eigenvalue weighted by molar-refractivity contribution is 6.01. The van der Waals surface area contributed by atoms with Gasteiger partial charge in [0.15, 0.2) is 0 Å². The van der Waals surface area contributed by atoms with Crippen molar-refractivity contribution >= 4 is 23.9 Å². The summed E-state index contributed by atoms with van der Waals surface area (Å²) in [4.78, 5) is 49.2. The number of rotatable bonds is 6. The van der Waals surface area contributed by atoms with Gasteiger partial charge in [-0.2, -0.15) is 0 Å². The molecule has 1 fully saturated rings. The van der Waals surface area contributed by atoms with Gasteiger partial charge in [0.05, 0.1) is 6.61 Å². The summed E-state index contributed by atoms with van der Waals surface area (Å²) in [6.45, 7) is 1.74. The maximum absolute atomic E-state index is 11.3. The highest BCUT2D eigenvalue weighted by Crippen LogP contribution is 2.11. The van der Waals surface area contributed by atoms with Crippen molar-refractivity contribution in [3.63, 3.8) is 0 Å². The molecule has 0 bridgehead atoms. The first-order valence-electron chi connectivity index (χ1n) is 6.01. The second-order valence-electron chi connectivity index (χ2n) is 3.89. The van der Waals surface area contributed by atoms with Crippen LogP contribution < -0.4 is 5.32 Å². The Morgan fingerprint density at radius 1 is 1.26 bits per heavy atom. The molecule has 0 spiro atoms. The molecule has 8 heteroatoms. The van der Waals surface area contributed by atoms with Gasteiger partial charge in [-0.1, -0.05) is 13.3 Å². The van der Waals surface area contributed by atoms with Crippen LogP contribution in [0.25, 0.3) is 0 Å². The van der Waals surface area contributed by atoms with Crippen LogP contribution in [0.3, 0.4) is 0 Å². The van der Waals surface area contributed by atoms with Crippen molar-refractivity contribution in [1.82, 2.24) is 10.4 Å². The van der Waals surface area contributed by atoms with Crippen molar-refractivity contribution in [3.05, 3.63) is 0 Å². The van der Waals surface area contributed by atoms with E-state index < -0.39 is 30.4 Å². The molecule has 0 radical (unpaired) electrons. The summed E-state index contributed by atoms with van der Waals surface area (Å²) in [5.41, 5.74) is 0. The molecule has 19 heavy (non-hydrogen) atoms. The number of hydrogen-bond acceptors (Lipinski definition) is 6. The average Bonchev–Trinajstić information content (AvgIpc) is 2.68. The highest BCUT2D eigenvalue weighted by Gasteiger charge is 2.32. The second kappa shape index (κ2) is 7.34. The molecule has 1 saturated heterocycles. The van der Waals surface area contributed by atoms with Crippen LogP contribution in [0.2, 0.25) is 0 Å². The number of nitrogens with one attached hydrogen (secondary N) is 1. The normalized spacial score (nSPS) is 14.5. The van der Waals surface area contributed by atoms with Crippen molar-refractivity contribution in [2.75, 3.05) is 13.2 Å². The Morgan fingerprint density at radius 2 is 1.89 bits per heavy atom. The first-order chi connectivity index (χ1) is 9.04. The van der Waals surface area contributed by atoms with Crippen LogP contribution in [0, 0.1) is 0 Å². The number of amides is 3. The molecular weight excluding hydrogens is 256 g/mol. The minimum absolute atomic E-state index is 0.0264. The fourth-order valence-electron chi connectivity index (χ4n) is 1.30. The Kier molecular flexibility index (Phi) is 5.77. The third-order valence-corrected chi connectivity index (χ3v) is 2.31. The van der Waals surface area contributed by atoms with Crippen molar-refractivity contribution in [2.45, 2.75) is 32.6 Å². The quantitative estimate of drug-likeness (QED) is 0.544. The van der Waals surface area contributed by atoms with E-state index in [1.165, 1.54) is 0 Å². The Morgan fingerprint density at radius 3 is 2.47 bits per heavy atom.